The molecular weight excluding hydrogens is 390 g/mol. The number of hydrazine groups is 1. The molecule has 2 rings (SSSR count). The average Bonchev–Trinajstić information content (AvgIpc) is 2.60. The second-order valence-corrected chi connectivity index (χ2v) is 6.66. The number of ether oxygens (including phenoxy) is 1. The minimum absolute atomic E-state index is 0.117. The highest BCUT2D eigenvalue weighted by Crippen LogP contribution is 2.17. The van der Waals surface area contributed by atoms with Gasteiger partial charge in [-0.25, -0.2) is 0 Å². The first-order valence-electron chi connectivity index (χ1n) is 8.24. The van der Waals surface area contributed by atoms with Crippen LogP contribution in [0.4, 0.5) is 0 Å². The number of rotatable bonds is 5. The highest BCUT2D eigenvalue weighted by atomic mass is 79.9. The molecule has 0 spiro atoms. The lowest BCUT2D eigenvalue weighted by molar-refractivity contribution is -0.150. The molecule has 2 amide bonds. The molecule has 1 aromatic carbocycles. The van der Waals surface area contributed by atoms with Crippen molar-refractivity contribution in [2.75, 3.05) is 26.2 Å². The maximum atomic E-state index is 12.0. The van der Waals surface area contributed by atoms with Crippen LogP contribution >= 0.6 is 15.9 Å². The summed E-state index contributed by atoms with van der Waals surface area (Å²) in [5, 5.41) is 0. The molecule has 1 aromatic rings. The van der Waals surface area contributed by atoms with Gasteiger partial charge in [0.15, 0.2) is 0 Å². The molecule has 0 aliphatic carbocycles. The topological polar surface area (TPSA) is 87.7 Å². The number of likely N-dealkylation sites (tertiary alicyclic amines) is 1. The molecule has 0 saturated carbocycles. The van der Waals surface area contributed by atoms with Gasteiger partial charge >= 0.3 is 5.97 Å². The zero-order valence-corrected chi connectivity index (χ0v) is 15.7. The molecule has 1 aliphatic rings. The summed E-state index contributed by atoms with van der Waals surface area (Å²) >= 11 is 3.29. The normalized spacial score (nSPS) is 17.6. The first kappa shape index (κ1) is 19.4. The van der Waals surface area contributed by atoms with Crippen LogP contribution in [0.1, 0.15) is 30.1 Å². The van der Waals surface area contributed by atoms with Gasteiger partial charge in [0.05, 0.1) is 24.6 Å². The van der Waals surface area contributed by atoms with E-state index in [1.165, 1.54) is 0 Å². The van der Waals surface area contributed by atoms with Crippen molar-refractivity contribution in [3.8, 4) is 0 Å². The second kappa shape index (κ2) is 9.53. The molecule has 7 nitrogen and oxygen atoms in total. The fourth-order valence-corrected chi connectivity index (χ4v) is 3.20. The van der Waals surface area contributed by atoms with Crippen molar-refractivity contribution in [1.29, 1.82) is 0 Å². The molecule has 8 heteroatoms. The number of amides is 2. The molecule has 1 aliphatic heterocycles. The maximum absolute atomic E-state index is 12.0. The fraction of sp³-hybridized carbons (Fsp3) is 0.471. The molecule has 0 aromatic heterocycles. The van der Waals surface area contributed by atoms with E-state index in [-0.39, 0.29) is 24.3 Å². The Morgan fingerprint density at radius 3 is 2.76 bits per heavy atom. The molecule has 1 fully saturated rings. The minimum Gasteiger partial charge on any atom is -0.466 e. The molecular formula is C17H22BrN3O4. The molecule has 2 N–H and O–H groups in total. The van der Waals surface area contributed by atoms with Gasteiger partial charge in [-0.2, -0.15) is 0 Å². The van der Waals surface area contributed by atoms with Gasteiger partial charge in [-0.15, -0.1) is 0 Å². The summed E-state index contributed by atoms with van der Waals surface area (Å²) in [6.07, 6.45) is 1.61. The summed E-state index contributed by atoms with van der Waals surface area (Å²) in [6, 6.07) is 6.95. The van der Waals surface area contributed by atoms with Gasteiger partial charge in [-0.3, -0.25) is 30.1 Å². The summed E-state index contributed by atoms with van der Waals surface area (Å²) in [7, 11) is 0. The Kier molecular flexibility index (Phi) is 7.39. The number of carbonyl (C=O) groups is 3. The van der Waals surface area contributed by atoms with Crippen molar-refractivity contribution >= 4 is 33.7 Å². The standard InChI is InChI=1S/C17H22BrN3O4/c1-2-25-17(24)12-6-5-9-21(10-12)11-15(22)19-20-16(23)13-7-3-4-8-14(13)18/h3-4,7-8,12H,2,5-6,9-11H2,1H3,(H,19,22)(H,20,23)/t12-/m0/s1. The molecule has 0 bridgehead atoms. The first-order valence-corrected chi connectivity index (χ1v) is 9.03. The minimum atomic E-state index is -0.399. The van der Waals surface area contributed by atoms with Crippen LogP contribution in [0.3, 0.4) is 0 Å². The average molecular weight is 412 g/mol. The van der Waals surface area contributed by atoms with Crippen molar-refractivity contribution < 1.29 is 19.1 Å². The van der Waals surface area contributed by atoms with Gasteiger partial charge in [0, 0.05) is 11.0 Å². The largest absolute Gasteiger partial charge is 0.466 e. The van der Waals surface area contributed by atoms with E-state index >= 15 is 0 Å². The van der Waals surface area contributed by atoms with E-state index in [2.05, 4.69) is 26.8 Å². The van der Waals surface area contributed by atoms with Gasteiger partial charge in [-0.05, 0) is 54.4 Å². The molecule has 25 heavy (non-hydrogen) atoms. The number of nitrogens with one attached hydrogen (secondary N) is 2. The third kappa shape index (κ3) is 5.82. The van der Waals surface area contributed by atoms with Gasteiger partial charge in [0.1, 0.15) is 0 Å². The van der Waals surface area contributed by atoms with E-state index in [4.69, 9.17) is 4.74 Å². The van der Waals surface area contributed by atoms with Crippen molar-refractivity contribution in [1.82, 2.24) is 15.8 Å². The Labute approximate surface area is 155 Å². The number of hydrogen-bond acceptors (Lipinski definition) is 5. The molecule has 1 atom stereocenters. The Bertz CT molecular complexity index is 638. The van der Waals surface area contributed by atoms with Gasteiger partial charge in [-0.1, -0.05) is 12.1 Å². The number of nitrogens with zero attached hydrogens (tertiary/aromatic N) is 1. The smallest absolute Gasteiger partial charge is 0.310 e. The van der Waals surface area contributed by atoms with Crippen LogP contribution in [0.2, 0.25) is 0 Å². The van der Waals surface area contributed by atoms with E-state index < -0.39 is 5.91 Å². The van der Waals surface area contributed by atoms with Crippen LogP contribution in [-0.4, -0.2) is 48.9 Å². The number of piperidine rings is 1. The lowest BCUT2D eigenvalue weighted by Gasteiger charge is -2.30. The highest BCUT2D eigenvalue weighted by Gasteiger charge is 2.27. The molecule has 1 saturated heterocycles. The maximum Gasteiger partial charge on any atom is 0.310 e. The first-order chi connectivity index (χ1) is 12.0. The fourth-order valence-electron chi connectivity index (χ4n) is 2.73. The van der Waals surface area contributed by atoms with Crippen LogP contribution in [-0.2, 0) is 14.3 Å². The molecule has 0 radical (unpaired) electrons. The SMILES string of the molecule is CCOC(=O)[C@H]1CCCN(CC(=O)NNC(=O)c2ccccc2Br)C1. The van der Waals surface area contributed by atoms with E-state index in [1.807, 2.05) is 4.90 Å². The third-order valence-electron chi connectivity index (χ3n) is 3.93. The van der Waals surface area contributed by atoms with Gasteiger partial charge in [0.25, 0.3) is 11.8 Å². The number of hydrogen-bond donors (Lipinski definition) is 2. The quantitative estimate of drug-likeness (QED) is 0.565. The van der Waals surface area contributed by atoms with Crippen molar-refractivity contribution in [2.45, 2.75) is 19.8 Å². The Hall–Kier alpha value is -1.93. The zero-order valence-electron chi connectivity index (χ0n) is 14.1. The Morgan fingerprint density at radius 1 is 1.28 bits per heavy atom. The third-order valence-corrected chi connectivity index (χ3v) is 4.62. The monoisotopic (exact) mass is 411 g/mol. The summed E-state index contributed by atoms with van der Waals surface area (Å²) in [5.74, 6) is -1.14. The van der Waals surface area contributed by atoms with E-state index in [0.717, 1.165) is 19.4 Å². The summed E-state index contributed by atoms with van der Waals surface area (Å²) in [6.45, 7) is 3.48. The number of halogens is 1. The molecule has 136 valence electrons. The van der Waals surface area contributed by atoms with Crippen LogP contribution in [0.5, 0.6) is 0 Å². The zero-order chi connectivity index (χ0) is 18.2. The van der Waals surface area contributed by atoms with Crippen molar-refractivity contribution in [2.24, 2.45) is 5.92 Å². The van der Waals surface area contributed by atoms with E-state index in [1.54, 1.807) is 31.2 Å². The molecule has 1 heterocycles. The van der Waals surface area contributed by atoms with E-state index in [9.17, 15) is 14.4 Å². The Morgan fingerprint density at radius 2 is 2.04 bits per heavy atom. The van der Waals surface area contributed by atoms with Crippen LogP contribution < -0.4 is 10.9 Å². The van der Waals surface area contributed by atoms with E-state index in [0.29, 0.717) is 23.2 Å². The van der Waals surface area contributed by atoms with Crippen LogP contribution in [0, 0.1) is 5.92 Å². The van der Waals surface area contributed by atoms with Gasteiger partial charge < -0.3 is 4.74 Å². The lowest BCUT2D eigenvalue weighted by atomic mass is 9.98. The number of carbonyl (C=O) groups excluding carboxylic acids is 3. The van der Waals surface area contributed by atoms with Gasteiger partial charge in [0.2, 0.25) is 0 Å². The van der Waals surface area contributed by atoms with Crippen molar-refractivity contribution in [3.05, 3.63) is 34.3 Å². The number of esters is 1. The predicted molar refractivity (Wildman–Crippen MR) is 95.5 cm³/mol. The van der Waals surface area contributed by atoms with Crippen molar-refractivity contribution in [3.63, 3.8) is 0 Å². The van der Waals surface area contributed by atoms with Crippen LogP contribution in [0.25, 0.3) is 0 Å². The lowest BCUT2D eigenvalue weighted by Crippen LogP contribution is -2.49. The molecule has 0 unspecified atom stereocenters. The summed E-state index contributed by atoms with van der Waals surface area (Å²) < 4.78 is 5.69. The highest BCUT2D eigenvalue weighted by molar-refractivity contribution is 9.10. The Balaban J connectivity index is 1.79. The predicted octanol–water partition coefficient (Wildman–Crippen LogP) is 1.49. The number of benzene rings is 1. The summed E-state index contributed by atoms with van der Waals surface area (Å²) in [5.41, 5.74) is 5.24. The second-order valence-electron chi connectivity index (χ2n) is 5.81. The van der Waals surface area contributed by atoms with Crippen LogP contribution in [0.15, 0.2) is 28.7 Å². The summed E-state index contributed by atoms with van der Waals surface area (Å²) in [4.78, 5) is 37.8.